The number of ether oxygens (including phenoxy) is 1. The van der Waals surface area contributed by atoms with E-state index in [9.17, 15) is 18.6 Å². The van der Waals surface area contributed by atoms with Crippen LogP contribution in [0.2, 0.25) is 0 Å². The van der Waals surface area contributed by atoms with Gasteiger partial charge in [0, 0.05) is 29.5 Å². The molecule has 1 unspecified atom stereocenters. The SMILES string of the molecule is CC(C)(C)OC(=O)N1CC(=O)C[C@H]1C(=O)N1CCS(=O)C1. The predicted octanol–water partition coefficient (Wildman–Crippen LogP) is 0.113. The van der Waals surface area contributed by atoms with Crippen molar-refractivity contribution in [1.82, 2.24) is 9.80 Å². The summed E-state index contributed by atoms with van der Waals surface area (Å²) in [5.74, 6) is 0.127. The van der Waals surface area contributed by atoms with Gasteiger partial charge in [-0.1, -0.05) is 0 Å². The van der Waals surface area contributed by atoms with Gasteiger partial charge in [-0.15, -0.1) is 0 Å². The zero-order valence-electron chi connectivity index (χ0n) is 12.5. The summed E-state index contributed by atoms with van der Waals surface area (Å²) in [6.07, 6.45) is -0.659. The van der Waals surface area contributed by atoms with Crippen molar-refractivity contribution < 1.29 is 23.3 Å². The first kappa shape index (κ1) is 15.9. The summed E-state index contributed by atoms with van der Waals surface area (Å²) in [4.78, 5) is 38.8. The molecule has 2 aliphatic heterocycles. The Morgan fingerprint density at radius 2 is 2.00 bits per heavy atom. The van der Waals surface area contributed by atoms with Crippen molar-refractivity contribution in [2.45, 2.75) is 38.8 Å². The lowest BCUT2D eigenvalue weighted by molar-refractivity contribution is -0.134. The quantitative estimate of drug-likeness (QED) is 0.686. The highest BCUT2D eigenvalue weighted by atomic mass is 32.2. The molecular formula is C13H20N2O5S. The van der Waals surface area contributed by atoms with Gasteiger partial charge in [0.25, 0.3) is 0 Å². The Hall–Kier alpha value is -1.44. The van der Waals surface area contributed by atoms with Crippen LogP contribution in [0.4, 0.5) is 4.79 Å². The number of carbonyl (C=O) groups is 3. The van der Waals surface area contributed by atoms with Crippen LogP contribution in [0.25, 0.3) is 0 Å². The topological polar surface area (TPSA) is 84.0 Å². The van der Waals surface area contributed by atoms with Crippen molar-refractivity contribution >= 4 is 28.6 Å². The van der Waals surface area contributed by atoms with E-state index in [4.69, 9.17) is 4.74 Å². The molecule has 0 N–H and O–H groups in total. The van der Waals surface area contributed by atoms with Gasteiger partial charge >= 0.3 is 6.09 Å². The summed E-state index contributed by atoms with van der Waals surface area (Å²) >= 11 is 0. The van der Waals surface area contributed by atoms with Crippen LogP contribution in [0.5, 0.6) is 0 Å². The van der Waals surface area contributed by atoms with Crippen molar-refractivity contribution in [3.05, 3.63) is 0 Å². The molecule has 21 heavy (non-hydrogen) atoms. The highest BCUT2D eigenvalue weighted by Crippen LogP contribution is 2.21. The highest BCUT2D eigenvalue weighted by molar-refractivity contribution is 7.85. The number of Topliss-reactive ketones (excluding diaryl/α,β-unsaturated/α-hetero) is 1. The Morgan fingerprint density at radius 3 is 2.52 bits per heavy atom. The third-order valence-corrected chi connectivity index (χ3v) is 4.49. The van der Waals surface area contributed by atoms with E-state index in [1.54, 1.807) is 20.8 Å². The second-order valence-electron chi connectivity index (χ2n) is 6.24. The summed E-state index contributed by atoms with van der Waals surface area (Å²) < 4.78 is 16.6. The summed E-state index contributed by atoms with van der Waals surface area (Å²) in [6, 6.07) is -0.831. The van der Waals surface area contributed by atoms with Crippen LogP contribution in [0.15, 0.2) is 0 Å². The van der Waals surface area contributed by atoms with Crippen molar-refractivity contribution in [3.63, 3.8) is 0 Å². The number of nitrogens with zero attached hydrogens (tertiary/aromatic N) is 2. The van der Waals surface area contributed by atoms with Gasteiger partial charge < -0.3 is 9.64 Å². The molecule has 2 amide bonds. The molecule has 0 aliphatic carbocycles. The fourth-order valence-corrected chi connectivity index (χ4v) is 3.48. The molecule has 2 atom stereocenters. The summed E-state index contributed by atoms with van der Waals surface area (Å²) in [5, 5.41) is 0. The smallest absolute Gasteiger partial charge is 0.411 e. The fraction of sp³-hybridized carbons (Fsp3) is 0.769. The molecule has 0 aromatic rings. The Balaban J connectivity index is 2.09. The minimum atomic E-state index is -1.03. The standard InChI is InChI=1S/C13H20N2O5S/c1-13(2,3)20-12(18)15-7-9(16)6-10(15)11(17)14-4-5-21(19)8-14/h10H,4-8H2,1-3H3/t10-,21?/m0/s1. The van der Waals surface area contributed by atoms with E-state index in [0.29, 0.717) is 12.3 Å². The number of hydrogen-bond donors (Lipinski definition) is 0. The third-order valence-electron chi connectivity index (χ3n) is 3.26. The Bertz CT molecular complexity index is 499. The van der Waals surface area contributed by atoms with E-state index in [1.165, 1.54) is 9.80 Å². The van der Waals surface area contributed by atoms with Gasteiger partial charge in [0.05, 0.1) is 12.4 Å². The number of ketones is 1. The Morgan fingerprint density at radius 1 is 1.33 bits per heavy atom. The van der Waals surface area contributed by atoms with Gasteiger partial charge in [-0.05, 0) is 20.8 Å². The minimum absolute atomic E-state index is 0.00120. The lowest BCUT2D eigenvalue weighted by Gasteiger charge is -2.29. The van der Waals surface area contributed by atoms with Gasteiger partial charge in [-0.25, -0.2) is 4.79 Å². The van der Waals surface area contributed by atoms with E-state index in [0.717, 1.165) is 0 Å². The molecule has 0 aromatic heterocycles. The maximum atomic E-state index is 12.4. The number of amides is 2. The predicted molar refractivity (Wildman–Crippen MR) is 75.9 cm³/mol. The van der Waals surface area contributed by atoms with E-state index in [2.05, 4.69) is 0 Å². The van der Waals surface area contributed by atoms with Crippen LogP contribution >= 0.6 is 0 Å². The van der Waals surface area contributed by atoms with Crippen LogP contribution in [0.1, 0.15) is 27.2 Å². The maximum absolute atomic E-state index is 12.4. The molecule has 2 rings (SSSR count). The molecular weight excluding hydrogens is 296 g/mol. The summed E-state index contributed by atoms with van der Waals surface area (Å²) in [7, 11) is -1.03. The molecule has 0 aromatic carbocycles. The van der Waals surface area contributed by atoms with Crippen LogP contribution in [0, 0.1) is 0 Å². The van der Waals surface area contributed by atoms with Crippen molar-refractivity contribution in [2.24, 2.45) is 0 Å². The second-order valence-corrected chi connectivity index (χ2v) is 7.79. The van der Waals surface area contributed by atoms with Crippen LogP contribution in [-0.4, -0.2) is 68.2 Å². The molecule has 0 spiro atoms. The van der Waals surface area contributed by atoms with Gasteiger partial charge in [0.2, 0.25) is 5.91 Å². The molecule has 118 valence electrons. The molecule has 2 saturated heterocycles. The Labute approximate surface area is 126 Å². The van der Waals surface area contributed by atoms with E-state index >= 15 is 0 Å². The third kappa shape index (κ3) is 3.81. The molecule has 7 nitrogen and oxygen atoms in total. The van der Waals surface area contributed by atoms with Crippen molar-refractivity contribution in [3.8, 4) is 0 Å². The van der Waals surface area contributed by atoms with Crippen LogP contribution in [0.3, 0.4) is 0 Å². The number of hydrogen-bond acceptors (Lipinski definition) is 5. The number of carbonyl (C=O) groups excluding carboxylic acids is 3. The van der Waals surface area contributed by atoms with Gasteiger partial charge in [0.15, 0.2) is 5.78 Å². The van der Waals surface area contributed by atoms with Crippen LogP contribution < -0.4 is 0 Å². The van der Waals surface area contributed by atoms with Crippen molar-refractivity contribution in [2.75, 3.05) is 24.7 Å². The normalized spacial score (nSPS) is 26.3. The maximum Gasteiger partial charge on any atom is 0.411 e. The highest BCUT2D eigenvalue weighted by Gasteiger charge is 2.43. The van der Waals surface area contributed by atoms with Crippen LogP contribution in [-0.2, 0) is 25.1 Å². The molecule has 2 aliphatic rings. The van der Waals surface area contributed by atoms with Crippen molar-refractivity contribution in [1.29, 1.82) is 0 Å². The molecule has 0 bridgehead atoms. The lowest BCUT2D eigenvalue weighted by atomic mass is 10.2. The Kier molecular flexibility index (Phi) is 4.36. The first-order chi connectivity index (χ1) is 9.67. The largest absolute Gasteiger partial charge is 0.444 e. The average molecular weight is 316 g/mol. The van der Waals surface area contributed by atoms with Gasteiger partial charge in [-0.2, -0.15) is 0 Å². The first-order valence-corrected chi connectivity index (χ1v) is 8.31. The first-order valence-electron chi connectivity index (χ1n) is 6.82. The molecule has 8 heteroatoms. The minimum Gasteiger partial charge on any atom is -0.444 e. The molecule has 2 fully saturated rings. The number of likely N-dealkylation sites (tertiary alicyclic amines) is 1. The molecule has 0 radical (unpaired) electrons. The molecule has 2 heterocycles. The monoisotopic (exact) mass is 316 g/mol. The van der Waals surface area contributed by atoms with Gasteiger partial charge in [-0.3, -0.25) is 18.7 Å². The van der Waals surface area contributed by atoms with E-state index in [1.807, 2.05) is 0 Å². The fourth-order valence-electron chi connectivity index (χ4n) is 2.32. The lowest BCUT2D eigenvalue weighted by Crippen LogP contribution is -2.48. The zero-order valence-corrected chi connectivity index (χ0v) is 13.3. The molecule has 0 saturated carbocycles. The van der Waals surface area contributed by atoms with E-state index in [-0.39, 0.29) is 30.5 Å². The number of rotatable bonds is 1. The average Bonchev–Trinajstić information content (AvgIpc) is 2.92. The van der Waals surface area contributed by atoms with Gasteiger partial charge in [0.1, 0.15) is 11.6 Å². The summed E-state index contributed by atoms with van der Waals surface area (Å²) in [5.41, 5.74) is -0.689. The zero-order chi connectivity index (χ0) is 15.8. The second kappa shape index (κ2) is 5.75. The summed E-state index contributed by atoms with van der Waals surface area (Å²) in [6.45, 7) is 5.47. The van der Waals surface area contributed by atoms with E-state index < -0.39 is 28.5 Å².